The first-order chi connectivity index (χ1) is 9.63. The van der Waals surface area contributed by atoms with Crippen LogP contribution in [0.25, 0.3) is 0 Å². The molecule has 2 nitrogen and oxygen atoms in total. The van der Waals surface area contributed by atoms with Gasteiger partial charge < -0.3 is 5.73 Å². The summed E-state index contributed by atoms with van der Waals surface area (Å²) in [5, 5.41) is 0.0780. The molecule has 3 atom stereocenters. The molecule has 0 radical (unpaired) electrons. The van der Waals surface area contributed by atoms with Gasteiger partial charge in [-0.1, -0.05) is 53.2 Å². The second-order valence-corrected chi connectivity index (χ2v) is 9.69. The average Bonchev–Trinajstić information content (AvgIpc) is 2.40. The summed E-state index contributed by atoms with van der Waals surface area (Å²) in [6.45, 7) is 11.0. The molecule has 1 aromatic carbocycles. The minimum absolute atomic E-state index is 0.00868. The lowest BCUT2D eigenvalue weighted by molar-refractivity contribution is 0.206. The van der Waals surface area contributed by atoms with E-state index in [-0.39, 0.29) is 22.1 Å². The van der Waals surface area contributed by atoms with E-state index in [1.807, 2.05) is 12.1 Å². The van der Waals surface area contributed by atoms with Crippen LogP contribution in [-0.2, 0) is 16.2 Å². The molecule has 1 saturated carbocycles. The summed E-state index contributed by atoms with van der Waals surface area (Å²) >= 11 is 0. The molecule has 1 fully saturated rings. The summed E-state index contributed by atoms with van der Waals surface area (Å²) in [5.74, 6) is 0. The molecule has 3 unspecified atom stereocenters. The van der Waals surface area contributed by atoms with Gasteiger partial charge >= 0.3 is 0 Å². The number of hydrogen-bond acceptors (Lipinski definition) is 2. The molecule has 0 amide bonds. The maximum Gasteiger partial charge on any atom is 0.0576 e. The Labute approximate surface area is 132 Å². The molecule has 0 bridgehead atoms. The van der Waals surface area contributed by atoms with Crippen LogP contribution in [0.4, 0.5) is 0 Å². The molecule has 0 aromatic heterocycles. The summed E-state index contributed by atoms with van der Waals surface area (Å²) < 4.78 is 12.9. The van der Waals surface area contributed by atoms with Gasteiger partial charge in [-0.15, -0.1) is 0 Å². The van der Waals surface area contributed by atoms with E-state index in [4.69, 9.17) is 5.73 Å². The van der Waals surface area contributed by atoms with Crippen LogP contribution >= 0.6 is 0 Å². The number of hydrogen-bond donors (Lipinski definition) is 1. The zero-order chi connectivity index (χ0) is 15.8. The number of nitrogens with two attached hydrogens (primary N) is 1. The van der Waals surface area contributed by atoms with Gasteiger partial charge in [-0.2, -0.15) is 0 Å². The Kier molecular flexibility index (Phi) is 4.65. The van der Waals surface area contributed by atoms with Gasteiger partial charge in [0, 0.05) is 10.9 Å². The molecule has 21 heavy (non-hydrogen) atoms. The lowest BCUT2D eigenvalue weighted by Gasteiger charge is -2.41. The van der Waals surface area contributed by atoms with Crippen LogP contribution < -0.4 is 5.73 Å². The van der Waals surface area contributed by atoms with Gasteiger partial charge in [0.25, 0.3) is 0 Å². The van der Waals surface area contributed by atoms with Gasteiger partial charge in [0.2, 0.25) is 0 Å². The minimum atomic E-state index is -1.01. The van der Waals surface area contributed by atoms with Gasteiger partial charge in [-0.25, -0.2) is 0 Å². The van der Waals surface area contributed by atoms with Crippen molar-refractivity contribution in [2.45, 2.75) is 75.5 Å². The average molecular weight is 308 g/mol. The lowest BCUT2D eigenvalue weighted by atomic mass is 9.73. The highest BCUT2D eigenvalue weighted by Crippen LogP contribution is 2.38. The molecule has 0 spiro atoms. The molecular formula is C18H29NOS. The maximum atomic E-state index is 12.9. The van der Waals surface area contributed by atoms with Crippen LogP contribution in [0.5, 0.6) is 0 Å². The lowest BCUT2D eigenvalue weighted by Crippen LogP contribution is -2.51. The van der Waals surface area contributed by atoms with Gasteiger partial charge in [0.1, 0.15) is 0 Å². The first-order valence-electron chi connectivity index (χ1n) is 7.90. The van der Waals surface area contributed by atoms with E-state index in [1.165, 1.54) is 5.56 Å². The van der Waals surface area contributed by atoms with Crippen molar-refractivity contribution in [3.05, 3.63) is 29.8 Å². The first-order valence-corrected chi connectivity index (χ1v) is 9.11. The van der Waals surface area contributed by atoms with Crippen molar-refractivity contribution in [3.63, 3.8) is 0 Å². The molecule has 3 heteroatoms. The van der Waals surface area contributed by atoms with Gasteiger partial charge in [0.15, 0.2) is 0 Å². The highest BCUT2D eigenvalue weighted by atomic mass is 32.2. The fourth-order valence-corrected chi connectivity index (χ4v) is 4.88. The topological polar surface area (TPSA) is 43.1 Å². The van der Waals surface area contributed by atoms with E-state index in [0.29, 0.717) is 0 Å². The molecule has 118 valence electrons. The third-order valence-corrected chi connectivity index (χ3v) is 6.66. The van der Waals surface area contributed by atoms with Crippen molar-refractivity contribution in [3.8, 4) is 0 Å². The fourth-order valence-electron chi connectivity index (χ4n) is 3.11. The molecule has 1 aliphatic rings. The summed E-state index contributed by atoms with van der Waals surface area (Å²) in [6.07, 6.45) is 3.22. The predicted octanol–water partition coefficient (Wildman–Crippen LogP) is 4.00. The van der Waals surface area contributed by atoms with E-state index >= 15 is 0 Å². The summed E-state index contributed by atoms with van der Waals surface area (Å²) in [7, 11) is -1.01. The van der Waals surface area contributed by atoms with Crippen LogP contribution in [-0.4, -0.2) is 15.5 Å². The Bertz CT molecular complexity index is 513. The van der Waals surface area contributed by atoms with Crippen LogP contribution in [0.3, 0.4) is 0 Å². The highest BCUT2D eigenvalue weighted by molar-refractivity contribution is 7.85. The van der Waals surface area contributed by atoms with Crippen LogP contribution in [0.2, 0.25) is 0 Å². The monoisotopic (exact) mass is 307 g/mol. The second kappa shape index (κ2) is 5.85. The maximum absolute atomic E-state index is 12.9. The van der Waals surface area contributed by atoms with Crippen molar-refractivity contribution in [1.82, 2.24) is 0 Å². The molecule has 0 heterocycles. The quantitative estimate of drug-likeness (QED) is 0.897. The standard InChI is InChI=1S/C18H29NOS/c1-17(2,3)13-8-10-14(11-9-13)21(20)15-7-6-12-18(4,5)16(15)19/h8-11,15-16H,6-7,12,19H2,1-5H3. The normalized spacial score (nSPS) is 27.3. The van der Waals surface area contributed by atoms with Crippen molar-refractivity contribution in [2.75, 3.05) is 0 Å². The first kappa shape index (κ1) is 16.7. The van der Waals surface area contributed by atoms with Crippen molar-refractivity contribution < 1.29 is 4.21 Å². The van der Waals surface area contributed by atoms with Gasteiger partial charge in [0.05, 0.1) is 16.0 Å². The third kappa shape index (κ3) is 3.57. The molecule has 0 aliphatic heterocycles. The number of benzene rings is 1. The van der Waals surface area contributed by atoms with Crippen LogP contribution in [0.1, 0.15) is 59.4 Å². The van der Waals surface area contributed by atoms with Crippen molar-refractivity contribution in [2.24, 2.45) is 11.1 Å². The van der Waals surface area contributed by atoms with Crippen LogP contribution in [0.15, 0.2) is 29.2 Å². The van der Waals surface area contributed by atoms with Crippen molar-refractivity contribution in [1.29, 1.82) is 0 Å². The van der Waals surface area contributed by atoms with Gasteiger partial charge in [-0.05, 0) is 41.4 Å². The van der Waals surface area contributed by atoms with Crippen LogP contribution in [0, 0.1) is 5.41 Å². The zero-order valence-corrected chi connectivity index (χ0v) is 14.8. The molecule has 1 aliphatic carbocycles. The predicted molar refractivity (Wildman–Crippen MR) is 90.9 cm³/mol. The smallest absolute Gasteiger partial charge is 0.0576 e. The molecule has 2 N–H and O–H groups in total. The Morgan fingerprint density at radius 2 is 1.76 bits per heavy atom. The largest absolute Gasteiger partial charge is 0.326 e. The van der Waals surface area contributed by atoms with Crippen molar-refractivity contribution >= 4 is 10.8 Å². The Morgan fingerprint density at radius 3 is 2.29 bits per heavy atom. The Hall–Kier alpha value is -0.670. The van der Waals surface area contributed by atoms with E-state index in [2.05, 4.69) is 46.8 Å². The molecule has 1 aromatic rings. The van der Waals surface area contributed by atoms with E-state index < -0.39 is 10.8 Å². The highest BCUT2D eigenvalue weighted by Gasteiger charge is 2.39. The van der Waals surface area contributed by atoms with Gasteiger partial charge in [-0.3, -0.25) is 4.21 Å². The minimum Gasteiger partial charge on any atom is -0.326 e. The second-order valence-electron chi connectivity index (χ2n) is 8.02. The third-order valence-electron chi connectivity index (χ3n) is 4.84. The fraction of sp³-hybridized carbons (Fsp3) is 0.667. The SMILES string of the molecule is CC(C)(C)c1ccc(S(=O)C2CCCC(C)(C)C2N)cc1. The molecule has 2 rings (SSSR count). The zero-order valence-electron chi connectivity index (χ0n) is 14.0. The van der Waals surface area contributed by atoms with E-state index in [0.717, 1.165) is 24.2 Å². The summed E-state index contributed by atoms with van der Waals surface area (Å²) in [5.41, 5.74) is 7.89. The molecular weight excluding hydrogens is 278 g/mol. The summed E-state index contributed by atoms with van der Waals surface area (Å²) in [4.78, 5) is 0.918. The molecule has 0 saturated heterocycles. The van der Waals surface area contributed by atoms with E-state index in [9.17, 15) is 4.21 Å². The number of rotatable bonds is 2. The Morgan fingerprint density at radius 1 is 1.19 bits per heavy atom. The Balaban J connectivity index is 2.20. The summed E-state index contributed by atoms with van der Waals surface area (Å²) in [6, 6.07) is 8.25. The van der Waals surface area contributed by atoms with E-state index in [1.54, 1.807) is 0 Å².